The van der Waals surface area contributed by atoms with Crippen LogP contribution in [0, 0.1) is 16.0 Å². The summed E-state index contributed by atoms with van der Waals surface area (Å²) in [5.74, 6) is 0.0729. The fraction of sp³-hybridized carbons (Fsp3) is 0.462. The van der Waals surface area contributed by atoms with Crippen LogP contribution in [0.15, 0.2) is 18.2 Å². The van der Waals surface area contributed by atoms with Crippen molar-refractivity contribution in [2.75, 3.05) is 18.4 Å². The van der Waals surface area contributed by atoms with E-state index in [1.807, 2.05) is 13.8 Å². The van der Waals surface area contributed by atoms with Gasteiger partial charge < -0.3 is 10.6 Å². The number of carbonyl (C=O) groups is 1. The zero-order valence-corrected chi connectivity index (χ0v) is 11.4. The minimum Gasteiger partial charge on any atom is -0.379 e. The van der Waals surface area contributed by atoms with E-state index in [4.69, 9.17) is 0 Å². The van der Waals surface area contributed by atoms with Gasteiger partial charge in [0.25, 0.3) is 11.6 Å². The zero-order valence-electron chi connectivity index (χ0n) is 11.4. The molecule has 1 rings (SSSR count). The number of nitrogens with one attached hydrogen (secondary N) is 2. The van der Waals surface area contributed by atoms with Gasteiger partial charge in [-0.3, -0.25) is 14.9 Å². The average Bonchev–Trinajstić information content (AvgIpc) is 2.36. The Morgan fingerprint density at radius 3 is 2.63 bits per heavy atom. The van der Waals surface area contributed by atoms with Crippen molar-refractivity contribution in [3.63, 3.8) is 0 Å². The van der Waals surface area contributed by atoms with E-state index in [0.29, 0.717) is 30.3 Å². The predicted octanol–water partition coefficient (Wildman–Crippen LogP) is 2.41. The molecule has 6 nitrogen and oxygen atoms in total. The molecule has 19 heavy (non-hydrogen) atoms. The molecule has 0 atom stereocenters. The van der Waals surface area contributed by atoms with Gasteiger partial charge in [0.15, 0.2) is 0 Å². The maximum absolute atomic E-state index is 11.6. The van der Waals surface area contributed by atoms with E-state index >= 15 is 0 Å². The number of benzene rings is 1. The lowest BCUT2D eigenvalue weighted by Gasteiger charge is -2.10. The predicted molar refractivity (Wildman–Crippen MR) is 74.4 cm³/mol. The molecule has 2 N–H and O–H groups in total. The molecule has 104 valence electrons. The van der Waals surface area contributed by atoms with Crippen LogP contribution in [0.3, 0.4) is 0 Å². The van der Waals surface area contributed by atoms with Crippen molar-refractivity contribution in [1.29, 1.82) is 0 Å². The van der Waals surface area contributed by atoms with Crippen molar-refractivity contribution in [3.05, 3.63) is 33.9 Å². The molecule has 1 aromatic carbocycles. The van der Waals surface area contributed by atoms with Gasteiger partial charge >= 0.3 is 0 Å². The van der Waals surface area contributed by atoms with Gasteiger partial charge in [0.2, 0.25) is 0 Å². The highest BCUT2D eigenvalue weighted by Crippen LogP contribution is 2.25. The van der Waals surface area contributed by atoms with E-state index < -0.39 is 4.92 Å². The molecule has 0 heterocycles. The number of anilines is 1. The van der Waals surface area contributed by atoms with Crippen molar-refractivity contribution in [2.45, 2.75) is 20.8 Å². The number of nitro groups is 1. The minimum absolute atomic E-state index is 0.0793. The summed E-state index contributed by atoms with van der Waals surface area (Å²) in [6.07, 6.45) is 0. The van der Waals surface area contributed by atoms with Crippen molar-refractivity contribution >= 4 is 17.3 Å². The van der Waals surface area contributed by atoms with E-state index in [0.717, 1.165) is 0 Å². The first kappa shape index (κ1) is 14.9. The first-order chi connectivity index (χ1) is 8.95. The molecule has 0 radical (unpaired) electrons. The maximum Gasteiger partial charge on any atom is 0.293 e. The standard InChI is InChI=1S/C13H19N3O3/c1-4-14-13(17)10-5-6-11(15-8-9(2)3)12(7-10)16(18)19/h5-7,9,15H,4,8H2,1-3H3,(H,14,17). The third-order valence-corrected chi connectivity index (χ3v) is 2.49. The van der Waals surface area contributed by atoms with Crippen LogP contribution in [-0.2, 0) is 0 Å². The zero-order chi connectivity index (χ0) is 14.4. The Kier molecular flexibility index (Phi) is 5.29. The van der Waals surface area contributed by atoms with Gasteiger partial charge in [0.05, 0.1) is 4.92 Å². The van der Waals surface area contributed by atoms with Crippen molar-refractivity contribution in [1.82, 2.24) is 5.32 Å². The maximum atomic E-state index is 11.6. The third-order valence-electron chi connectivity index (χ3n) is 2.49. The quantitative estimate of drug-likeness (QED) is 0.611. The molecule has 0 aliphatic carbocycles. The van der Waals surface area contributed by atoms with Gasteiger partial charge in [-0.05, 0) is 25.0 Å². The summed E-state index contributed by atoms with van der Waals surface area (Å²) in [5, 5.41) is 16.7. The monoisotopic (exact) mass is 265 g/mol. The Bertz CT molecular complexity index is 472. The lowest BCUT2D eigenvalue weighted by Crippen LogP contribution is -2.22. The topological polar surface area (TPSA) is 84.3 Å². The first-order valence-corrected chi connectivity index (χ1v) is 6.26. The molecule has 1 amide bonds. The van der Waals surface area contributed by atoms with Crippen molar-refractivity contribution in [3.8, 4) is 0 Å². The molecule has 0 saturated heterocycles. The lowest BCUT2D eigenvalue weighted by molar-refractivity contribution is -0.384. The molecule has 0 aliphatic rings. The number of rotatable bonds is 6. The van der Waals surface area contributed by atoms with Crippen LogP contribution in [0.4, 0.5) is 11.4 Å². The molecule has 0 fully saturated rings. The van der Waals surface area contributed by atoms with Gasteiger partial charge in [-0.25, -0.2) is 0 Å². The van der Waals surface area contributed by atoms with Crippen LogP contribution >= 0.6 is 0 Å². The highest BCUT2D eigenvalue weighted by Gasteiger charge is 2.17. The molecular formula is C13H19N3O3. The van der Waals surface area contributed by atoms with Gasteiger partial charge in [0.1, 0.15) is 5.69 Å². The molecule has 0 aliphatic heterocycles. The summed E-state index contributed by atoms with van der Waals surface area (Å²) in [6, 6.07) is 4.46. The summed E-state index contributed by atoms with van der Waals surface area (Å²) < 4.78 is 0. The second-order valence-corrected chi connectivity index (χ2v) is 4.62. The summed E-state index contributed by atoms with van der Waals surface area (Å²) >= 11 is 0. The molecule has 6 heteroatoms. The van der Waals surface area contributed by atoms with Crippen LogP contribution in [0.1, 0.15) is 31.1 Å². The van der Waals surface area contributed by atoms with Crippen molar-refractivity contribution in [2.24, 2.45) is 5.92 Å². The van der Waals surface area contributed by atoms with Gasteiger partial charge in [0, 0.05) is 24.7 Å². The number of nitro benzene ring substituents is 1. The van der Waals surface area contributed by atoms with Gasteiger partial charge in [-0.1, -0.05) is 13.8 Å². The van der Waals surface area contributed by atoms with Crippen LogP contribution in [0.5, 0.6) is 0 Å². The molecule has 0 saturated carbocycles. The summed E-state index contributed by atoms with van der Waals surface area (Å²) in [7, 11) is 0. The Morgan fingerprint density at radius 1 is 1.42 bits per heavy atom. The second-order valence-electron chi connectivity index (χ2n) is 4.62. The smallest absolute Gasteiger partial charge is 0.293 e. The molecule has 0 spiro atoms. The van der Waals surface area contributed by atoms with Gasteiger partial charge in [-0.15, -0.1) is 0 Å². The fourth-order valence-electron chi connectivity index (χ4n) is 1.55. The van der Waals surface area contributed by atoms with E-state index in [1.54, 1.807) is 19.1 Å². The molecule has 0 bridgehead atoms. The van der Waals surface area contributed by atoms with Crippen LogP contribution < -0.4 is 10.6 Å². The normalized spacial score (nSPS) is 10.3. The Balaban J connectivity index is 3.01. The Hall–Kier alpha value is -2.11. The Labute approximate surface area is 112 Å². The van der Waals surface area contributed by atoms with Gasteiger partial charge in [-0.2, -0.15) is 0 Å². The van der Waals surface area contributed by atoms with E-state index in [1.165, 1.54) is 6.07 Å². The lowest BCUT2D eigenvalue weighted by atomic mass is 10.1. The summed E-state index contributed by atoms with van der Waals surface area (Å²) in [4.78, 5) is 22.2. The number of carbonyl (C=O) groups excluding carboxylic acids is 1. The van der Waals surface area contributed by atoms with Crippen LogP contribution in [0.2, 0.25) is 0 Å². The van der Waals surface area contributed by atoms with E-state index in [9.17, 15) is 14.9 Å². The number of hydrogen-bond acceptors (Lipinski definition) is 4. The molecule has 0 aromatic heterocycles. The van der Waals surface area contributed by atoms with E-state index in [2.05, 4.69) is 10.6 Å². The average molecular weight is 265 g/mol. The highest BCUT2D eigenvalue weighted by atomic mass is 16.6. The molecular weight excluding hydrogens is 246 g/mol. The second kappa shape index (κ2) is 6.72. The fourth-order valence-corrected chi connectivity index (χ4v) is 1.55. The molecule has 1 aromatic rings. The first-order valence-electron chi connectivity index (χ1n) is 6.26. The largest absolute Gasteiger partial charge is 0.379 e. The van der Waals surface area contributed by atoms with Crippen molar-refractivity contribution < 1.29 is 9.72 Å². The van der Waals surface area contributed by atoms with E-state index in [-0.39, 0.29) is 11.6 Å². The SMILES string of the molecule is CCNC(=O)c1ccc(NCC(C)C)c([N+](=O)[O-])c1. The Morgan fingerprint density at radius 2 is 2.11 bits per heavy atom. The third kappa shape index (κ3) is 4.24. The summed E-state index contributed by atoms with van der Waals surface area (Å²) in [5.41, 5.74) is 0.653. The minimum atomic E-state index is -0.481. The highest BCUT2D eigenvalue weighted by molar-refractivity contribution is 5.95. The number of nitrogens with zero attached hydrogens (tertiary/aromatic N) is 1. The number of hydrogen-bond donors (Lipinski definition) is 2. The summed E-state index contributed by atoms with van der Waals surface area (Å²) in [6.45, 7) is 6.95. The molecule has 0 unspecified atom stereocenters. The van der Waals surface area contributed by atoms with Crippen LogP contribution in [0.25, 0.3) is 0 Å². The number of amides is 1. The van der Waals surface area contributed by atoms with Crippen LogP contribution in [-0.4, -0.2) is 23.9 Å².